The highest BCUT2D eigenvalue weighted by Crippen LogP contribution is 2.35. The minimum absolute atomic E-state index is 0.159. The third-order valence-corrected chi connectivity index (χ3v) is 5.41. The number of halogens is 3. The van der Waals surface area contributed by atoms with Gasteiger partial charge in [0, 0.05) is 19.4 Å². The van der Waals surface area contributed by atoms with Crippen molar-refractivity contribution in [2.45, 2.75) is 24.5 Å². The van der Waals surface area contributed by atoms with E-state index < -0.39 is 11.7 Å². The molecule has 0 aliphatic heterocycles. The van der Waals surface area contributed by atoms with E-state index in [0.717, 1.165) is 28.6 Å². The Morgan fingerprint density at radius 2 is 2.03 bits per heavy atom. The molecule has 10 heteroatoms. The number of pyridine rings is 2. The van der Waals surface area contributed by atoms with Gasteiger partial charge < -0.3 is 4.57 Å². The maximum Gasteiger partial charge on any atom is 0.417 e. The molecule has 6 nitrogen and oxygen atoms in total. The molecule has 0 aliphatic carbocycles. The quantitative estimate of drug-likeness (QED) is 0.459. The summed E-state index contributed by atoms with van der Waals surface area (Å²) in [7, 11) is 1.70. The van der Waals surface area contributed by atoms with Gasteiger partial charge in [-0.1, -0.05) is 6.92 Å². The Balaban J connectivity index is 1.93. The zero-order valence-electron chi connectivity index (χ0n) is 15.5. The number of rotatable bonds is 4. The molecule has 29 heavy (non-hydrogen) atoms. The predicted molar refractivity (Wildman–Crippen MR) is 103 cm³/mol. The van der Waals surface area contributed by atoms with Gasteiger partial charge in [0.05, 0.1) is 18.1 Å². The molecule has 0 bridgehead atoms. The fourth-order valence-corrected chi connectivity index (χ4v) is 3.97. The summed E-state index contributed by atoms with van der Waals surface area (Å²) in [5.74, 6) is 1.22. The number of thioether (sulfide) groups is 1. The fourth-order valence-electron chi connectivity index (χ4n) is 3.13. The Hall–Kier alpha value is -3.06. The first-order valence-electron chi connectivity index (χ1n) is 8.74. The SMILES string of the molecule is CCSc1c(-c2nc3cc(C(F)(F)F)cnc3n2C)nc2cc(CC#N)ccn12. The van der Waals surface area contributed by atoms with Gasteiger partial charge in [-0.25, -0.2) is 15.0 Å². The molecule has 148 valence electrons. The van der Waals surface area contributed by atoms with Crippen LogP contribution >= 0.6 is 11.8 Å². The molecule has 0 N–H and O–H groups in total. The van der Waals surface area contributed by atoms with E-state index in [0.29, 0.717) is 22.8 Å². The van der Waals surface area contributed by atoms with Crippen molar-refractivity contribution in [2.24, 2.45) is 7.05 Å². The molecule has 4 rings (SSSR count). The van der Waals surface area contributed by atoms with Gasteiger partial charge in [0.25, 0.3) is 0 Å². The first kappa shape index (κ1) is 19.3. The zero-order valence-corrected chi connectivity index (χ0v) is 16.3. The van der Waals surface area contributed by atoms with Crippen molar-refractivity contribution in [1.82, 2.24) is 23.9 Å². The zero-order chi connectivity index (χ0) is 20.8. The van der Waals surface area contributed by atoms with Gasteiger partial charge in [-0.05, 0) is 29.5 Å². The van der Waals surface area contributed by atoms with E-state index >= 15 is 0 Å². The number of fused-ring (bicyclic) bond motifs is 2. The van der Waals surface area contributed by atoms with Crippen LogP contribution in [0.2, 0.25) is 0 Å². The summed E-state index contributed by atoms with van der Waals surface area (Å²) in [6, 6.07) is 6.79. The number of imidazole rings is 2. The summed E-state index contributed by atoms with van der Waals surface area (Å²) >= 11 is 1.56. The number of hydrogen-bond acceptors (Lipinski definition) is 5. The summed E-state index contributed by atoms with van der Waals surface area (Å²) in [5.41, 5.74) is 1.73. The van der Waals surface area contributed by atoms with E-state index in [2.05, 4.69) is 21.0 Å². The highest BCUT2D eigenvalue weighted by Gasteiger charge is 2.32. The van der Waals surface area contributed by atoms with Crippen LogP contribution in [0.15, 0.2) is 35.6 Å². The molecule has 0 spiro atoms. The van der Waals surface area contributed by atoms with Crippen LogP contribution in [0, 0.1) is 11.3 Å². The predicted octanol–water partition coefficient (Wildman–Crippen LogP) is 4.48. The van der Waals surface area contributed by atoms with Crippen molar-refractivity contribution in [3.8, 4) is 17.6 Å². The summed E-state index contributed by atoms with van der Waals surface area (Å²) < 4.78 is 42.6. The third kappa shape index (κ3) is 3.31. The topological polar surface area (TPSA) is 71.8 Å². The van der Waals surface area contributed by atoms with Gasteiger partial charge in [-0.15, -0.1) is 11.8 Å². The molecule has 0 amide bonds. The van der Waals surface area contributed by atoms with Gasteiger partial charge in [0.2, 0.25) is 0 Å². The smallest absolute Gasteiger partial charge is 0.310 e. The van der Waals surface area contributed by atoms with E-state index in [1.807, 2.05) is 29.7 Å². The van der Waals surface area contributed by atoms with Crippen LogP contribution in [-0.2, 0) is 19.6 Å². The van der Waals surface area contributed by atoms with Crippen molar-refractivity contribution in [1.29, 1.82) is 5.26 Å². The van der Waals surface area contributed by atoms with E-state index in [1.54, 1.807) is 23.4 Å². The first-order chi connectivity index (χ1) is 13.8. The lowest BCUT2D eigenvalue weighted by Gasteiger charge is -2.05. The molecule has 0 saturated carbocycles. The lowest BCUT2D eigenvalue weighted by molar-refractivity contribution is -0.137. The number of aromatic nitrogens is 5. The monoisotopic (exact) mass is 416 g/mol. The molecule has 0 atom stereocenters. The summed E-state index contributed by atoms with van der Waals surface area (Å²) in [4.78, 5) is 13.0. The van der Waals surface area contributed by atoms with Crippen LogP contribution < -0.4 is 0 Å². The highest BCUT2D eigenvalue weighted by molar-refractivity contribution is 7.99. The minimum Gasteiger partial charge on any atom is -0.310 e. The Labute approximate surface area is 168 Å². The Kier molecular flexibility index (Phi) is 4.70. The van der Waals surface area contributed by atoms with Crippen LogP contribution in [0.1, 0.15) is 18.1 Å². The third-order valence-electron chi connectivity index (χ3n) is 4.46. The second-order valence-electron chi connectivity index (χ2n) is 6.36. The molecule has 0 fully saturated rings. The lowest BCUT2D eigenvalue weighted by Crippen LogP contribution is -2.05. The summed E-state index contributed by atoms with van der Waals surface area (Å²) in [5, 5.41) is 9.76. The number of hydrogen-bond donors (Lipinski definition) is 0. The van der Waals surface area contributed by atoms with Gasteiger partial charge in [-0.2, -0.15) is 18.4 Å². The maximum atomic E-state index is 13.0. The van der Waals surface area contributed by atoms with Crippen molar-refractivity contribution in [3.63, 3.8) is 0 Å². The number of nitriles is 1. The molecule has 4 aromatic rings. The fraction of sp³-hybridized carbons (Fsp3) is 0.263. The van der Waals surface area contributed by atoms with Crippen molar-refractivity contribution < 1.29 is 13.2 Å². The van der Waals surface area contributed by atoms with Gasteiger partial charge in [0.15, 0.2) is 11.5 Å². The molecular weight excluding hydrogens is 401 g/mol. The van der Waals surface area contributed by atoms with Gasteiger partial charge >= 0.3 is 6.18 Å². The largest absolute Gasteiger partial charge is 0.417 e. The van der Waals surface area contributed by atoms with E-state index in [4.69, 9.17) is 5.26 Å². The van der Waals surface area contributed by atoms with Gasteiger partial charge in [-0.3, -0.25) is 4.40 Å². The second-order valence-corrected chi connectivity index (χ2v) is 7.61. The van der Waals surface area contributed by atoms with Crippen LogP contribution in [0.25, 0.3) is 28.3 Å². The number of aryl methyl sites for hydroxylation is 1. The minimum atomic E-state index is -4.48. The molecule has 0 aromatic carbocycles. The molecule has 4 aromatic heterocycles. The average molecular weight is 416 g/mol. The van der Waals surface area contributed by atoms with Crippen LogP contribution in [-0.4, -0.2) is 29.7 Å². The van der Waals surface area contributed by atoms with Crippen LogP contribution in [0.4, 0.5) is 13.2 Å². The molecule has 0 aliphatic rings. The number of alkyl halides is 3. The van der Waals surface area contributed by atoms with E-state index in [-0.39, 0.29) is 11.9 Å². The number of nitrogens with zero attached hydrogens (tertiary/aromatic N) is 6. The van der Waals surface area contributed by atoms with E-state index in [1.165, 1.54) is 0 Å². The van der Waals surface area contributed by atoms with Crippen molar-refractivity contribution >= 4 is 28.6 Å². The maximum absolute atomic E-state index is 13.0. The molecule has 0 radical (unpaired) electrons. The molecule has 0 unspecified atom stereocenters. The first-order valence-corrected chi connectivity index (χ1v) is 9.72. The summed E-state index contributed by atoms with van der Waals surface area (Å²) in [6.07, 6.45) is -1.56. The van der Waals surface area contributed by atoms with Gasteiger partial charge in [0.1, 0.15) is 21.9 Å². The highest BCUT2D eigenvalue weighted by atomic mass is 32.2. The van der Waals surface area contributed by atoms with Crippen LogP contribution in [0.5, 0.6) is 0 Å². The standard InChI is InChI=1S/C19H15F3N6S/c1-3-29-18-15(26-14-8-11(4-6-23)5-7-28(14)18)17-25-13-9-12(19(20,21)22)10-24-16(13)27(17)2/h5,7-10H,3-4H2,1-2H3. The lowest BCUT2D eigenvalue weighted by atomic mass is 10.2. The normalized spacial score (nSPS) is 12.0. The van der Waals surface area contributed by atoms with E-state index in [9.17, 15) is 13.2 Å². The Morgan fingerprint density at radius 1 is 1.24 bits per heavy atom. The Bertz CT molecular complexity index is 1270. The van der Waals surface area contributed by atoms with Crippen molar-refractivity contribution in [2.75, 3.05) is 5.75 Å². The summed E-state index contributed by atoms with van der Waals surface area (Å²) in [6.45, 7) is 2.00. The molecular formula is C19H15F3N6S. The Morgan fingerprint density at radius 3 is 2.72 bits per heavy atom. The van der Waals surface area contributed by atoms with Crippen molar-refractivity contribution in [3.05, 3.63) is 41.7 Å². The van der Waals surface area contributed by atoms with Crippen LogP contribution in [0.3, 0.4) is 0 Å². The molecule has 0 saturated heterocycles. The molecule has 4 heterocycles. The average Bonchev–Trinajstić information content (AvgIpc) is 3.19. The second kappa shape index (κ2) is 7.08.